The molecule has 0 aliphatic carbocycles. The van der Waals surface area contributed by atoms with Crippen LogP contribution in [0.3, 0.4) is 0 Å². The van der Waals surface area contributed by atoms with E-state index >= 15 is 0 Å². The van der Waals surface area contributed by atoms with Gasteiger partial charge in [0.2, 0.25) is 0 Å². The molecule has 0 radical (unpaired) electrons. The number of amides is 1. The lowest BCUT2D eigenvalue weighted by Gasteiger charge is -2.44. The summed E-state index contributed by atoms with van der Waals surface area (Å²) in [5.74, 6) is 0.703. The molecule has 1 N–H and O–H groups in total. The first kappa shape index (κ1) is 18.2. The van der Waals surface area contributed by atoms with Crippen LogP contribution in [0.25, 0.3) is 0 Å². The fraction of sp³-hybridized carbons (Fsp3) is 0.526. The van der Waals surface area contributed by atoms with Crippen molar-refractivity contribution in [1.82, 2.24) is 13.9 Å². The molecule has 1 atom stereocenters. The molecule has 1 amide bonds. The summed E-state index contributed by atoms with van der Waals surface area (Å²) >= 11 is 3.29. The summed E-state index contributed by atoms with van der Waals surface area (Å²) in [4.78, 5) is 16.2. The highest BCUT2D eigenvalue weighted by atomic mass is 32.2. The highest BCUT2D eigenvalue weighted by Gasteiger charge is 2.34. The maximum absolute atomic E-state index is 12.6. The van der Waals surface area contributed by atoms with Gasteiger partial charge in [0.05, 0.1) is 6.61 Å². The third kappa shape index (κ3) is 4.22. The van der Waals surface area contributed by atoms with E-state index < -0.39 is 0 Å². The molecule has 0 aromatic heterocycles. The van der Waals surface area contributed by atoms with Gasteiger partial charge in [-0.2, -0.15) is 3.71 Å². The molecule has 5 nitrogen and oxygen atoms in total. The van der Waals surface area contributed by atoms with Crippen LogP contribution in [0, 0.1) is 5.92 Å². The zero-order valence-electron chi connectivity index (χ0n) is 15.0. The molecular weight excluding hydrogens is 366 g/mol. The quantitative estimate of drug-likeness (QED) is 0.750. The second-order valence-electron chi connectivity index (χ2n) is 6.90. The number of benzene rings is 1. The zero-order chi connectivity index (χ0) is 17.9. The summed E-state index contributed by atoms with van der Waals surface area (Å²) in [6, 6.07) is 8.21. The SMILES string of the molecule is CCOC1=CCN(Sc2ccc(C(=O)N[C@H]3CN4CCC3CC4)cc2)S1. The average molecular weight is 392 g/mol. The van der Waals surface area contributed by atoms with Crippen molar-refractivity contribution in [1.29, 1.82) is 0 Å². The van der Waals surface area contributed by atoms with E-state index in [1.807, 2.05) is 31.2 Å². The lowest BCUT2D eigenvalue weighted by Crippen LogP contribution is -2.57. The minimum absolute atomic E-state index is 0.0520. The Labute approximate surface area is 163 Å². The van der Waals surface area contributed by atoms with Gasteiger partial charge in [0.15, 0.2) is 5.09 Å². The van der Waals surface area contributed by atoms with Gasteiger partial charge in [0.1, 0.15) is 0 Å². The number of hydrogen-bond acceptors (Lipinski definition) is 6. The van der Waals surface area contributed by atoms with Crippen molar-refractivity contribution in [3.05, 3.63) is 41.0 Å². The normalized spacial score (nSPS) is 28.0. The minimum atomic E-state index is 0.0520. The topological polar surface area (TPSA) is 44.8 Å². The Morgan fingerprint density at radius 3 is 2.73 bits per heavy atom. The molecule has 5 rings (SSSR count). The maximum Gasteiger partial charge on any atom is 0.251 e. The molecule has 4 aliphatic rings. The van der Waals surface area contributed by atoms with Gasteiger partial charge in [-0.1, -0.05) is 0 Å². The van der Waals surface area contributed by atoms with E-state index in [4.69, 9.17) is 4.74 Å². The number of nitrogens with one attached hydrogen (secondary N) is 1. The van der Waals surface area contributed by atoms with E-state index in [-0.39, 0.29) is 5.91 Å². The van der Waals surface area contributed by atoms with Gasteiger partial charge >= 0.3 is 0 Å². The van der Waals surface area contributed by atoms with Gasteiger partial charge in [-0.15, -0.1) is 0 Å². The number of hydrogen-bond donors (Lipinski definition) is 1. The first-order valence-electron chi connectivity index (χ1n) is 9.31. The number of carbonyl (C=O) groups is 1. The lowest BCUT2D eigenvalue weighted by molar-refractivity contribution is 0.0620. The van der Waals surface area contributed by atoms with Crippen molar-refractivity contribution >= 4 is 29.8 Å². The molecule has 140 valence electrons. The molecular formula is C19H25N3O2S2. The molecule has 1 aromatic carbocycles. The molecule has 0 unspecified atom stereocenters. The Morgan fingerprint density at radius 1 is 1.31 bits per heavy atom. The van der Waals surface area contributed by atoms with Gasteiger partial charge < -0.3 is 15.0 Å². The molecule has 7 heteroatoms. The Kier molecular flexibility index (Phi) is 5.78. The largest absolute Gasteiger partial charge is 0.487 e. The molecule has 2 bridgehead atoms. The predicted molar refractivity (Wildman–Crippen MR) is 107 cm³/mol. The Balaban J connectivity index is 1.29. The Hall–Kier alpha value is -1.15. The second-order valence-corrected chi connectivity index (χ2v) is 9.25. The van der Waals surface area contributed by atoms with Crippen LogP contribution in [0.15, 0.2) is 40.3 Å². The highest BCUT2D eigenvalue weighted by Crippen LogP contribution is 2.38. The number of piperidine rings is 3. The van der Waals surface area contributed by atoms with Crippen molar-refractivity contribution in [2.75, 3.05) is 32.8 Å². The Morgan fingerprint density at radius 2 is 2.08 bits per heavy atom. The molecule has 3 fully saturated rings. The van der Waals surface area contributed by atoms with Crippen molar-refractivity contribution in [3.8, 4) is 0 Å². The van der Waals surface area contributed by atoms with E-state index in [1.165, 1.54) is 25.9 Å². The van der Waals surface area contributed by atoms with Gasteiger partial charge in [-0.05, 0) is 81.1 Å². The summed E-state index contributed by atoms with van der Waals surface area (Å²) in [5.41, 5.74) is 0.744. The number of rotatable bonds is 6. The van der Waals surface area contributed by atoms with Crippen LogP contribution in [-0.2, 0) is 4.74 Å². The average Bonchev–Trinajstić information content (AvgIpc) is 3.10. The third-order valence-corrected chi connectivity index (χ3v) is 7.28. The molecule has 0 spiro atoms. The number of carbonyl (C=O) groups excluding carboxylic acids is 1. The minimum Gasteiger partial charge on any atom is -0.487 e. The first-order chi connectivity index (χ1) is 12.7. The van der Waals surface area contributed by atoms with E-state index in [0.29, 0.717) is 18.6 Å². The van der Waals surface area contributed by atoms with Crippen LogP contribution in [0.4, 0.5) is 0 Å². The standard InChI is InChI=1S/C19H25N3O2S2/c1-2-24-18-9-12-22(26-18)25-16-5-3-15(4-6-16)19(23)20-17-13-21-10-7-14(17)8-11-21/h3-6,9,14,17H,2,7-8,10-13H2,1H3,(H,20,23)/t17-/m0/s1. The first-order valence-corrected chi connectivity index (χ1v) is 10.9. The number of nitrogens with zero attached hydrogens (tertiary/aromatic N) is 2. The van der Waals surface area contributed by atoms with Crippen LogP contribution in [0.1, 0.15) is 30.1 Å². The van der Waals surface area contributed by atoms with Crippen LogP contribution in [-0.4, -0.2) is 53.3 Å². The summed E-state index contributed by atoms with van der Waals surface area (Å²) in [6.45, 7) is 6.93. The van der Waals surface area contributed by atoms with Gasteiger partial charge in [0, 0.05) is 41.5 Å². The summed E-state index contributed by atoms with van der Waals surface area (Å²) < 4.78 is 7.70. The van der Waals surface area contributed by atoms with Gasteiger partial charge in [0.25, 0.3) is 5.91 Å². The smallest absolute Gasteiger partial charge is 0.251 e. The van der Waals surface area contributed by atoms with Crippen molar-refractivity contribution < 1.29 is 9.53 Å². The van der Waals surface area contributed by atoms with Crippen molar-refractivity contribution in [2.45, 2.75) is 30.7 Å². The summed E-state index contributed by atoms with van der Waals surface area (Å²) in [5, 5.41) is 4.22. The van der Waals surface area contributed by atoms with E-state index in [9.17, 15) is 4.79 Å². The molecule has 3 saturated heterocycles. The highest BCUT2D eigenvalue weighted by molar-refractivity contribution is 8.14. The van der Waals surface area contributed by atoms with Gasteiger partial charge in [-0.3, -0.25) is 4.79 Å². The van der Waals surface area contributed by atoms with Crippen LogP contribution in [0.5, 0.6) is 0 Å². The number of ether oxygens (including phenoxy) is 1. The summed E-state index contributed by atoms with van der Waals surface area (Å²) in [7, 11) is 0. The van der Waals surface area contributed by atoms with E-state index in [0.717, 1.165) is 28.6 Å². The summed E-state index contributed by atoms with van der Waals surface area (Å²) in [6.07, 6.45) is 4.52. The predicted octanol–water partition coefficient (Wildman–Crippen LogP) is 3.36. The van der Waals surface area contributed by atoms with Crippen LogP contribution < -0.4 is 5.32 Å². The van der Waals surface area contributed by atoms with Crippen LogP contribution >= 0.6 is 23.9 Å². The molecule has 4 heterocycles. The van der Waals surface area contributed by atoms with Crippen LogP contribution in [0.2, 0.25) is 0 Å². The Bertz CT molecular complexity index is 672. The zero-order valence-corrected chi connectivity index (χ0v) is 16.7. The lowest BCUT2D eigenvalue weighted by atomic mass is 9.84. The monoisotopic (exact) mass is 391 g/mol. The van der Waals surface area contributed by atoms with Crippen molar-refractivity contribution in [2.24, 2.45) is 5.92 Å². The second kappa shape index (κ2) is 8.25. The molecule has 4 aliphatic heterocycles. The maximum atomic E-state index is 12.6. The third-order valence-electron chi connectivity index (χ3n) is 5.18. The molecule has 0 saturated carbocycles. The molecule has 1 aromatic rings. The fourth-order valence-corrected chi connectivity index (χ4v) is 5.71. The number of fused-ring (bicyclic) bond motifs is 3. The van der Waals surface area contributed by atoms with E-state index in [2.05, 4.69) is 20.0 Å². The van der Waals surface area contributed by atoms with Gasteiger partial charge in [-0.25, -0.2) is 0 Å². The van der Waals surface area contributed by atoms with E-state index in [1.54, 1.807) is 23.9 Å². The fourth-order valence-electron chi connectivity index (χ4n) is 3.77. The molecule has 26 heavy (non-hydrogen) atoms. The van der Waals surface area contributed by atoms with Crippen molar-refractivity contribution in [3.63, 3.8) is 0 Å².